The predicted molar refractivity (Wildman–Crippen MR) is 82.1 cm³/mol. The Labute approximate surface area is 123 Å². The van der Waals surface area contributed by atoms with Crippen LogP contribution in [0.4, 0.5) is 0 Å². The lowest BCUT2D eigenvalue weighted by atomic mass is 10.0. The van der Waals surface area contributed by atoms with Crippen LogP contribution in [0.15, 0.2) is 42.5 Å². The minimum absolute atomic E-state index is 0.154. The maximum absolute atomic E-state index is 12.1. The molecule has 2 aromatic rings. The van der Waals surface area contributed by atoms with Gasteiger partial charge in [-0.3, -0.25) is 4.79 Å². The van der Waals surface area contributed by atoms with Gasteiger partial charge in [-0.25, -0.2) is 4.79 Å². The zero-order chi connectivity index (χ0) is 15.4. The van der Waals surface area contributed by atoms with Crippen LogP contribution in [0.3, 0.4) is 0 Å². The summed E-state index contributed by atoms with van der Waals surface area (Å²) >= 11 is 0. The molecule has 0 fully saturated rings. The Bertz CT molecular complexity index is 659. The Morgan fingerprint density at radius 2 is 1.76 bits per heavy atom. The van der Waals surface area contributed by atoms with E-state index >= 15 is 0 Å². The first-order valence-corrected chi connectivity index (χ1v) is 6.98. The maximum Gasteiger partial charge on any atom is 0.326 e. The number of hydrogen-bond donors (Lipinski definition) is 2. The molecule has 1 amide bonds. The molecular formula is C17H19NO3. The van der Waals surface area contributed by atoms with E-state index in [-0.39, 0.29) is 18.2 Å². The molecule has 0 radical (unpaired) electrons. The molecule has 2 aromatic carbocycles. The lowest BCUT2D eigenvalue weighted by Gasteiger charge is -2.18. The Balaban J connectivity index is 2.17. The third kappa shape index (κ3) is 3.60. The number of fused-ring (bicyclic) bond motifs is 1. The Morgan fingerprint density at radius 1 is 1.10 bits per heavy atom. The number of rotatable bonds is 5. The summed E-state index contributed by atoms with van der Waals surface area (Å²) in [4.78, 5) is 23.2. The minimum Gasteiger partial charge on any atom is -0.480 e. The highest BCUT2D eigenvalue weighted by molar-refractivity contribution is 5.91. The lowest BCUT2D eigenvalue weighted by Crippen LogP contribution is -2.44. The highest BCUT2D eigenvalue weighted by atomic mass is 16.4. The van der Waals surface area contributed by atoms with E-state index in [2.05, 4.69) is 5.32 Å². The number of nitrogens with one attached hydrogen (secondary N) is 1. The summed E-state index contributed by atoms with van der Waals surface area (Å²) < 4.78 is 0. The van der Waals surface area contributed by atoms with E-state index < -0.39 is 12.0 Å². The van der Waals surface area contributed by atoms with Gasteiger partial charge in [0.05, 0.1) is 6.42 Å². The lowest BCUT2D eigenvalue weighted by molar-refractivity contribution is -0.143. The van der Waals surface area contributed by atoms with Crippen molar-refractivity contribution in [2.24, 2.45) is 5.92 Å². The Kier molecular flexibility index (Phi) is 4.58. The molecule has 0 heterocycles. The van der Waals surface area contributed by atoms with Crippen LogP contribution in [-0.2, 0) is 16.0 Å². The average Bonchev–Trinajstić information content (AvgIpc) is 2.44. The predicted octanol–water partition coefficient (Wildman–Crippen LogP) is 2.61. The maximum atomic E-state index is 12.1. The molecule has 110 valence electrons. The zero-order valence-electron chi connectivity index (χ0n) is 12.2. The molecule has 4 heteroatoms. The average molecular weight is 285 g/mol. The zero-order valence-corrected chi connectivity index (χ0v) is 12.2. The van der Waals surface area contributed by atoms with Crippen molar-refractivity contribution in [3.63, 3.8) is 0 Å². The van der Waals surface area contributed by atoms with Gasteiger partial charge in [0.1, 0.15) is 6.04 Å². The van der Waals surface area contributed by atoms with Gasteiger partial charge in [-0.2, -0.15) is 0 Å². The molecule has 0 saturated heterocycles. The van der Waals surface area contributed by atoms with Crippen molar-refractivity contribution >= 4 is 22.6 Å². The van der Waals surface area contributed by atoms with E-state index in [4.69, 9.17) is 5.11 Å². The van der Waals surface area contributed by atoms with Gasteiger partial charge < -0.3 is 10.4 Å². The van der Waals surface area contributed by atoms with E-state index in [9.17, 15) is 9.59 Å². The van der Waals surface area contributed by atoms with E-state index in [1.165, 1.54) is 0 Å². The summed E-state index contributed by atoms with van der Waals surface area (Å²) in [6.07, 6.45) is 0.178. The normalized spacial score (nSPS) is 12.3. The van der Waals surface area contributed by atoms with Crippen LogP contribution in [0.1, 0.15) is 19.4 Å². The third-order valence-electron chi connectivity index (χ3n) is 3.48. The summed E-state index contributed by atoms with van der Waals surface area (Å²) in [7, 11) is 0. The number of carboxylic acids is 1. The summed E-state index contributed by atoms with van der Waals surface area (Å²) in [5, 5.41) is 13.8. The van der Waals surface area contributed by atoms with Gasteiger partial charge in [-0.1, -0.05) is 56.3 Å². The van der Waals surface area contributed by atoms with Crippen LogP contribution < -0.4 is 5.32 Å². The van der Waals surface area contributed by atoms with Crippen LogP contribution in [0, 0.1) is 5.92 Å². The summed E-state index contributed by atoms with van der Waals surface area (Å²) in [5.41, 5.74) is 0.901. The van der Waals surface area contributed by atoms with Gasteiger partial charge >= 0.3 is 5.97 Å². The standard InChI is InChI=1S/C17H19NO3/c1-11(2)16(17(20)21)18-15(19)10-13-8-5-7-12-6-3-4-9-14(12)13/h3-9,11,16H,10H2,1-2H3,(H,18,19)(H,20,21)/t16-/m0/s1. The number of carboxylic acid groups (broad SMARTS) is 1. The first kappa shape index (κ1) is 15.0. The number of carbonyl (C=O) groups is 2. The van der Waals surface area contributed by atoms with Crippen LogP contribution >= 0.6 is 0 Å². The molecule has 0 aliphatic rings. The van der Waals surface area contributed by atoms with Gasteiger partial charge in [0.2, 0.25) is 5.91 Å². The summed E-state index contributed by atoms with van der Waals surface area (Å²) in [6.45, 7) is 3.55. The third-order valence-corrected chi connectivity index (χ3v) is 3.48. The number of benzene rings is 2. The van der Waals surface area contributed by atoms with Gasteiger partial charge in [0, 0.05) is 0 Å². The fraction of sp³-hybridized carbons (Fsp3) is 0.294. The SMILES string of the molecule is CC(C)[C@H](NC(=O)Cc1cccc2ccccc12)C(=O)O. The van der Waals surface area contributed by atoms with Crippen molar-refractivity contribution in [1.29, 1.82) is 0 Å². The molecule has 0 aliphatic heterocycles. The molecule has 2 N–H and O–H groups in total. The van der Waals surface area contributed by atoms with E-state index in [0.717, 1.165) is 16.3 Å². The molecule has 0 spiro atoms. The van der Waals surface area contributed by atoms with Crippen LogP contribution in [0.5, 0.6) is 0 Å². The summed E-state index contributed by atoms with van der Waals surface area (Å²) in [5.74, 6) is -1.43. The highest BCUT2D eigenvalue weighted by Gasteiger charge is 2.23. The highest BCUT2D eigenvalue weighted by Crippen LogP contribution is 2.19. The topological polar surface area (TPSA) is 66.4 Å². The first-order chi connectivity index (χ1) is 9.99. The number of aliphatic carboxylic acids is 1. The van der Waals surface area contributed by atoms with Crippen molar-refractivity contribution in [2.75, 3.05) is 0 Å². The molecule has 1 atom stereocenters. The molecule has 0 aliphatic carbocycles. The van der Waals surface area contributed by atoms with E-state index in [1.54, 1.807) is 13.8 Å². The molecule has 0 bridgehead atoms. The summed E-state index contributed by atoms with van der Waals surface area (Å²) in [6, 6.07) is 12.8. The van der Waals surface area contributed by atoms with E-state index in [0.29, 0.717) is 0 Å². The smallest absolute Gasteiger partial charge is 0.326 e. The molecule has 21 heavy (non-hydrogen) atoms. The molecule has 4 nitrogen and oxygen atoms in total. The van der Waals surface area contributed by atoms with Crippen molar-refractivity contribution < 1.29 is 14.7 Å². The number of amides is 1. The van der Waals surface area contributed by atoms with Gasteiger partial charge in [-0.15, -0.1) is 0 Å². The van der Waals surface area contributed by atoms with Crippen molar-refractivity contribution in [3.05, 3.63) is 48.0 Å². The number of carbonyl (C=O) groups excluding carboxylic acids is 1. The van der Waals surface area contributed by atoms with Crippen LogP contribution in [-0.4, -0.2) is 23.0 Å². The molecule has 2 rings (SSSR count). The largest absolute Gasteiger partial charge is 0.480 e. The van der Waals surface area contributed by atoms with Crippen LogP contribution in [0.2, 0.25) is 0 Å². The number of hydrogen-bond acceptors (Lipinski definition) is 2. The van der Waals surface area contributed by atoms with Gasteiger partial charge in [0.15, 0.2) is 0 Å². The Morgan fingerprint density at radius 3 is 2.43 bits per heavy atom. The fourth-order valence-electron chi connectivity index (χ4n) is 2.36. The van der Waals surface area contributed by atoms with Gasteiger partial charge in [-0.05, 0) is 22.3 Å². The van der Waals surface area contributed by atoms with Crippen molar-refractivity contribution in [2.45, 2.75) is 26.3 Å². The fourth-order valence-corrected chi connectivity index (χ4v) is 2.36. The quantitative estimate of drug-likeness (QED) is 0.887. The molecule has 0 unspecified atom stereocenters. The van der Waals surface area contributed by atoms with Crippen molar-refractivity contribution in [3.8, 4) is 0 Å². The monoisotopic (exact) mass is 285 g/mol. The second kappa shape index (κ2) is 6.39. The molecule has 0 saturated carbocycles. The molecule has 0 aromatic heterocycles. The van der Waals surface area contributed by atoms with E-state index in [1.807, 2.05) is 42.5 Å². The Hall–Kier alpha value is -2.36. The first-order valence-electron chi connectivity index (χ1n) is 6.98. The molecular weight excluding hydrogens is 266 g/mol. The van der Waals surface area contributed by atoms with Gasteiger partial charge in [0.25, 0.3) is 0 Å². The second-order valence-corrected chi connectivity index (χ2v) is 5.44. The second-order valence-electron chi connectivity index (χ2n) is 5.44. The minimum atomic E-state index is -1.00. The van der Waals surface area contributed by atoms with Crippen molar-refractivity contribution in [1.82, 2.24) is 5.32 Å². The van der Waals surface area contributed by atoms with Crippen LogP contribution in [0.25, 0.3) is 10.8 Å².